The molecule has 32 heavy (non-hydrogen) atoms. The number of rotatable bonds is 2. The lowest BCUT2D eigenvalue weighted by atomic mass is 10.0. The van der Waals surface area contributed by atoms with Crippen molar-refractivity contribution in [3.63, 3.8) is 0 Å². The van der Waals surface area contributed by atoms with Crippen molar-refractivity contribution in [1.82, 2.24) is 10.6 Å². The highest BCUT2D eigenvalue weighted by atomic mass is 35.5. The monoisotopic (exact) mass is 475 g/mol. The maximum absolute atomic E-state index is 13.1. The van der Waals surface area contributed by atoms with Gasteiger partial charge in [-0.15, -0.1) is 0 Å². The maximum atomic E-state index is 13.1. The minimum atomic E-state index is -0.883. The van der Waals surface area contributed by atoms with E-state index in [2.05, 4.69) is 10.6 Å². The van der Waals surface area contributed by atoms with Crippen LogP contribution in [0.4, 0.5) is 0 Å². The van der Waals surface area contributed by atoms with E-state index in [1.54, 1.807) is 36.4 Å². The Morgan fingerprint density at radius 3 is 2.44 bits per heavy atom. The molecular weight excluding hydrogens is 453 g/mol. The van der Waals surface area contributed by atoms with E-state index in [1.165, 1.54) is 6.07 Å². The topological polar surface area (TPSA) is 103 Å². The normalized spacial score (nSPS) is 20.8. The van der Waals surface area contributed by atoms with E-state index in [4.69, 9.17) is 38.4 Å². The first-order chi connectivity index (χ1) is 15.3. The second-order valence-electron chi connectivity index (χ2n) is 7.87. The van der Waals surface area contributed by atoms with Crippen LogP contribution in [-0.2, 0) is 11.2 Å². The zero-order valence-electron chi connectivity index (χ0n) is 17.2. The van der Waals surface area contributed by atoms with Gasteiger partial charge in [0, 0.05) is 11.4 Å². The second kappa shape index (κ2) is 9.40. The Hall–Kier alpha value is -2.74. The van der Waals surface area contributed by atoms with E-state index in [0.717, 1.165) is 5.56 Å². The van der Waals surface area contributed by atoms with Crippen LogP contribution in [0.1, 0.15) is 28.8 Å². The van der Waals surface area contributed by atoms with Crippen LogP contribution < -0.4 is 25.8 Å². The lowest BCUT2D eigenvalue weighted by Crippen LogP contribution is -2.54. The fraction of sp³-hybridized carbons (Fsp3) is 0.304. The maximum Gasteiger partial charge on any atom is 0.255 e. The summed E-state index contributed by atoms with van der Waals surface area (Å²) in [5, 5.41) is 6.41. The van der Waals surface area contributed by atoms with Gasteiger partial charge in [0.2, 0.25) is 5.91 Å². The average Bonchev–Trinajstić information content (AvgIpc) is 3.47. The summed E-state index contributed by atoms with van der Waals surface area (Å²) in [5.41, 5.74) is 6.33. The fourth-order valence-electron chi connectivity index (χ4n) is 3.28. The van der Waals surface area contributed by atoms with Crippen LogP contribution in [0, 0.1) is 0 Å². The van der Waals surface area contributed by atoms with Crippen LogP contribution in [0.25, 0.3) is 0 Å². The molecule has 0 unspecified atom stereocenters. The van der Waals surface area contributed by atoms with Crippen LogP contribution in [0.15, 0.2) is 48.6 Å². The predicted molar refractivity (Wildman–Crippen MR) is 122 cm³/mol. The number of nitrogens with two attached hydrogens (primary N) is 1. The first kappa shape index (κ1) is 22.5. The van der Waals surface area contributed by atoms with Crippen molar-refractivity contribution >= 4 is 35.0 Å². The highest BCUT2D eigenvalue weighted by Gasteiger charge is 2.41. The van der Waals surface area contributed by atoms with Crippen molar-refractivity contribution in [2.45, 2.75) is 31.0 Å². The highest BCUT2D eigenvalue weighted by Crippen LogP contribution is 2.30. The van der Waals surface area contributed by atoms with Gasteiger partial charge in [0.05, 0.1) is 16.2 Å². The average molecular weight is 476 g/mol. The van der Waals surface area contributed by atoms with Crippen LogP contribution in [0.3, 0.4) is 0 Å². The quantitative estimate of drug-likeness (QED) is 0.456. The first-order valence-corrected chi connectivity index (χ1v) is 11.0. The zero-order valence-corrected chi connectivity index (χ0v) is 18.7. The number of hydrogen-bond donors (Lipinski definition) is 3. The Bertz CT molecular complexity index is 1070. The Balaban J connectivity index is 1.67. The van der Waals surface area contributed by atoms with E-state index in [0.29, 0.717) is 41.0 Å². The number of halogens is 2. The van der Waals surface area contributed by atoms with Gasteiger partial charge in [-0.25, -0.2) is 0 Å². The summed E-state index contributed by atoms with van der Waals surface area (Å²) < 4.78 is 11.4. The van der Waals surface area contributed by atoms with Crippen molar-refractivity contribution in [2.75, 3.05) is 13.2 Å². The largest absolute Gasteiger partial charge is 0.489 e. The van der Waals surface area contributed by atoms with Crippen molar-refractivity contribution in [3.8, 4) is 11.5 Å². The van der Waals surface area contributed by atoms with Crippen LogP contribution >= 0.6 is 23.2 Å². The van der Waals surface area contributed by atoms with Crippen molar-refractivity contribution in [1.29, 1.82) is 0 Å². The number of amides is 2. The van der Waals surface area contributed by atoms with Gasteiger partial charge < -0.3 is 25.8 Å². The molecule has 0 saturated heterocycles. The molecule has 3 aliphatic rings. The van der Waals surface area contributed by atoms with Gasteiger partial charge in [0.15, 0.2) is 0 Å². The summed E-state index contributed by atoms with van der Waals surface area (Å²) in [6.45, 7) is 0.525. The third kappa shape index (κ3) is 5.54. The van der Waals surface area contributed by atoms with Gasteiger partial charge >= 0.3 is 0 Å². The smallest absolute Gasteiger partial charge is 0.255 e. The number of carbonyl (C=O) groups is 2. The molecule has 168 valence electrons. The van der Waals surface area contributed by atoms with Gasteiger partial charge in [-0.1, -0.05) is 29.3 Å². The molecule has 1 saturated carbocycles. The molecule has 9 heteroatoms. The van der Waals surface area contributed by atoms with E-state index in [9.17, 15) is 9.59 Å². The molecule has 2 bridgehead atoms. The SMILES string of the molecule is NC1(NC(=O)[C@@H]2Cc3ccc(c(Cl)c3)OC/C=C/COc3ccc(Cl)cc3C(=O)N2)CC1. The molecule has 2 heterocycles. The molecule has 4 N–H and O–H groups in total. The summed E-state index contributed by atoms with van der Waals surface area (Å²) in [7, 11) is 0. The Labute approximate surface area is 195 Å². The van der Waals surface area contributed by atoms with E-state index >= 15 is 0 Å². The lowest BCUT2D eigenvalue weighted by Gasteiger charge is -2.22. The fourth-order valence-corrected chi connectivity index (χ4v) is 3.71. The number of benzene rings is 2. The highest BCUT2D eigenvalue weighted by molar-refractivity contribution is 6.32. The second-order valence-corrected chi connectivity index (χ2v) is 8.72. The predicted octanol–water partition coefficient (Wildman–Crippen LogP) is 3.23. The number of hydrogen-bond acceptors (Lipinski definition) is 5. The van der Waals surface area contributed by atoms with Crippen LogP contribution in [0.2, 0.25) is 10.0 Å². The molecule has 2 aliphatic heterocycles. The molecule has 0 aromatic heterocycles. The third-order valence-electron chi connectivity index (χ3n) is 5.24. The van der Waals surface area contributed by atoms with Gasteiger partial charge in [-0.2, -0.15) is 0 Å². The van der Waals surface area contributed by atoms with Crippen molar-refractivity contribution in [2.24, 2.45) is 5.73 Å². The van der Waals surface area contributed by atoms with Gasteiger partial charge in [0.1, 0.15) is 30.8 Å². The molecule has 1 atom stereocenters. The Morgan fingerprint density at radius 1 is 1.06 bits per heavy atom. The molecule has 2 amide bonds. The number of ether oxygens (including phenoxy) is 2. The van der Waals surface area contributed by atoms with Crippen molar-refractivity contribution in [3.05, 3.63) is 69.7 Å². The van der Waals surface area contributed by atoms with Crippen LogP contribution in [0.5, 0.6) is 11.5 Å². The molecular formula is C23H23Cl2N3O4. The number of carbonyl (C=O) groups excluding carboxylic acids is 2. The summed E-state index contributed by atoms with van der Waals surface area (Å²) in [5.74, 6) is 0.0274. The number of nitrogens with one attached hydrogen (secondary N) is 2. The summed E-state index contributed by atoms with van der Waals surface area (Å²) in [6.07, 6.45) is 5.17. The van der Waals surface area contributed by atoms with Gasteiger partial charge in [-0.05, 0) is 60.9 Å². The van der Waals surface area contributed by atoms with E-state index in [1.807, 2.05) is 6.07 Å². The molecule has 1 aliphatic carbocycles. The summed E-state index contributed by atoms with van der Waals surface area (Å²) >= 11 is 12.5. The van der Waals surface area contributed by atoms with Gasteiger partial charge in [0.25, 0.3) is 5.91 Å². The van der Waals surface area contributed by atoms with E-state index in [-0.39, 0.29) is 24.5 Å². The van der Waals surface area contributed by atoms with Gasteiger partial charge in [-0.3, -0.25) is 9.59 Å². The number of fused-ring (bicyclic) bond motifs is 9. The van der Waals surface area contributed by atoms with E-state index < -0.39 is 17.6 Å². The standard InChI is InChI=1S/C23H23Cl2N3O4/c24-15-4-6-19-16(13-15)21(29)27-18(22(30)28-23(26)7-8-23)12-14-3-5-20(17(25)11-14)32-10-2-1-9-31-19/h1-6,11,13,18H,7-10,12,26H2,(H,27,29)(H,28,30)/b2-1+/t18-/m0/s1. The first-order valence-electron chi connectivity index (χ1n) is 10.2. The molecule has 2 aromatic carbocycles. The molecule has 5 rings (SSSR count). The van der Waals surface area contributed by atoms with Crippen LogP contribution in [-0.4, -0.2) is 36.7 Å². The minimum absolute atomic E-state index is 0.213. The van der Waals surface area contributed by atoms with Crippen molar-refractivity contribution < 1.29 is 19.1 Å². The molecule has 1 fully saturated rings. The Morgan fingerprint density at radius 2 is 1.75 bits per heavy atom. The molecule has 2 aromatic rings. The lowest BCUT2D eigenvalue weighted by molar-refractivity contribution is -0.123. The summed E-state index contributed by atoms with van der Waals surface area (Å²) in [6, 6.07) is 9.16. The minimum Gasteiger partial charge on any atom is -0.489 e. The molecule has 0 spiro atoms. The molecule has 7 nitrogen and oxygen atoms in total. The molecule has 0 radical (unpaired) electrons. The third-order valence-corrected chi connectivity index (χ3v) is 5.77. The Kier molecular flexibility index (Phi) is 6.60. The zero-order chi connectivity index (χ0) is 22.7. The summed E-state index contributed by atoms with van der Waals surface area (Å²) in [4.78, 5) is 26.1.